The van der Waals surface area contributed by atoms with Crippen molar-refractivity contribution in [3.05, 3.63) is 0 Å². The number of aliphatic hydroxyl groups excluding tert-OH is 2. The maximum atomic E-state index is 9.90. The third-order valence-corrected chi connectivity index (χ3v) is 1.39. The van der Waals surface area contributed by atoms with Crippen LogP contribution in [0.5, 0.6) is 0 Å². The van der Waals surface area contributed by atoms with Crippen molar-refractivity contribution in [2.75, 3.05) is 0 Å². The predicted molar refractivity (Wildman–Crippen MR) is 37.6 cm³/mol. The highest BCUT2D eigenvalue weighted by molar-refractivity contribution is 5.56. The molecule has 0 aromatic heterocycles. The van der Waals surface area contributed by atoms with Crippen LogP contribution in [-0.4, -0.2) is 28.7 Å². The molecule has 2 unspecified atom stereocenters. The van der Waals surface area contributed by atoms with Gasteiger partial charge in [0.1, 0.15) is 6.10 Å². The summed E-state index contributed by atoms with van der Waals surface area (Å²) in [5.74, 6) is 0. The first-order chi connectivity index (χ1) is 4.72. The first-order valence-corrected chi connectivity index (χ1v) is 3.53. The molecule has 0 rings (SSSR count). The molecule has 2 N–H and O–H groups in total. The van der Waals surface area contributed by atoms with Gasteiger partial charge in [0.25, 0.3) is 0 Å². The van der Waals surface area contributed by atoms with Crippen molar-refractivity contribution in [2.24, 2.45) is 0 Å². The number of hydrogen-bond acceptors (Lipinski definition) is 3. The van der Waals surface area contributed by atoms with Gasteiger partial charge in [0.05, 0.1) is 6.10 Å². The SMILES string of the molecule is CCCCC(O)C(O)C=O. The highest BCUT2D eigenvalue weighted by Gasteiger charge is 2.13. The van der Waals surface area contributed by atoms with E-state index in [9.17, 15) is 4.79 Å². The zero-order valence-electron chi connectivity index (χ0n) is 6.16. The number of rotatable bonds is 5. The summed E-state index contributed by atoms with van der Waals surface area (Å²) in [6.45, 7) is 1.99. The van der Waals surface area contributed by atoms with Crippen LogP contribution in [0.25, 0.3) is 0 Å². The second-order valence-electron chi connectivity index (χ2n) is 2.34. The summed E-state index contributed by atoms with van der Waals surface area (Å²) in [6.07, 6.45) is 0.579. The van der Waals surface area contributed by atoms with Crippen LogP contribution in [0, 0.1) is 0 Å². The molecule has 0 aliphatic carbocycles. The van der Waals surface area contributed by atoms with E-state index in [1.165, 1.54) is 0 Å². The Labute approximate surface area is 60.7 Å². The van der Waals surface area contributed by atoms with Gasteiger partial charge in [-0.3, -0.25) is 0 Å². The summed E-state index contributed by atoms with van der Waals surface area (Å²) in [7, 11) is 0. The summed E-state index contributed by atoms with van der Waals surface area (Å²) < 4.78 is 0. The Bertz CT molecular complexity index is 92.9. The maximum Gasteiger partial charge on any atom is 0.151 e. The number of aldehydes is 1. The largest absolute Gasteiger partial charge is 0.390 e. The Morgan fingerprint density at radius 2 is 2.10 bits per heavy atom. The van der Waals surface area contributed by atoms with Crippen molar-refractivity contribution >= 4 is 6.29 Å². The summed E-state index contributed by atoms with van der Waals surface area (Å²) >= 11 is 0. The Morgan fingerprint density at radius 1 is 1.50 bits per heavy atom. The lowest BCUT2D eigenvalue weighted by atomic mass is 10.1. The summed E-state index contributed by atoms with van der Waals surface area (Å²) in [5.41, 5.74) is 0. The van der Waals surface area contributed by atoms with Gasteiger partial charge in [-0.05, 0) is 6.42 Å². The van der Waals surface area contributed by atoms with Gasteiger partial charge in [0.2, 0.25) is 0 Å². The highest BCUT2D eigenvalue weighted by atomic mass is 16.3. The normalized spacial score (nSPS) is 16.3. The molecule has 3 heteroatoms. The molecule has 0 radical (unpaired) electrons. The van der Waals surface area contributed by atoms with Gasteiger partial charge in [0, 0.05) is 0 Å². The van der Waals surface area contributed by atoms with Gasteiger partial charge in [0.15, 0.2) is 6.29 Å². The molecular formula is C7H14O3. The van der Waals surface area contributed by atoms with Crippen molar-refractivity contribution in [1.29, 1.82) is 0 Å². The summed E-state index contributed by atoms with van der Waals surface area (Å²) in [6, 6.07) is 0. The fourth-order valence-corrected chi connectivity index (χ4v) is 0.675. The van der Waals surface area contributed by atoms with E-state index in [0.29, 0.717) is 12.7 Å². The van der Waals surface area contributed by atoms with Gasteiger partial charge < -0.3 is 15.0 Å². The topological polar surface area (TPSA) is 57.5 Å². The van der Waals surface area contributed by atoms with Gasteiger partial charge in [-0.2, -0.15) is 0 Å². The van der Waals surface area contributed by atoms with Crippen molar-refractivity contribution in [3.63, 3.8) is 0 Å². The van der Waals surface area contributed by atoms with Gasteiger partial charge in [-0.25, -0.2) is 0 Å². The van der Waals surface area contributed by atoms with Gasteiger partial charge in [-0.1, -0.05) is 19.8 Å². The molecule has 0 spiro atoms. The average molecular weight is 146 g/mol. The van der Waals surface area contributed by atoms with E-state index in [4.69, 9.17) is 10.2 Å². The van der Waals surface area contributed by atoms with Crippen LogP contribution in [-0.2, 0) is 4.79 Å². The van der Waals surface area contributed by atoms with Crippen molar-refractivity contribution in [3.8, 4) is 0 Å². The van der Waals surface area contributed by atoms with Crippen LogP contribution in [0.4, 0.5) is 0 Å². The fourth-order valence-electron chi connectivity index (χ4n) is 0.675. The van der Waals surface area contributed by atoms with Crippen LogP contribution < -0.4 is 0 Å². The van der Waals surface area contributed by atoms with Crippen LogP contribution in [0.3, 0.4) is 0 Å². The third kappa shape index (κ3) is 3.58. The molecule has 10 heavy (non-hydrogen) atoms. The second-order valence-corrected chi connectivity index (χ2v) is 2.34. The number of aliphatic hydroxyl groups is 2. The minimum absolute atomic E-state index is 0.361. The molecule has 0 bridgehead atoms. The molecule has 3 nitrogen and oxygen atoms in total. The van der Waals surface area contributed by atoms with E-state index < -0.39 is 12.2 Å². The second kappa shape index (κ2) is 5.38. The highest BCUT2D eigenvalue weighted by Crippen LogP contribution is 2.02. The number of carbonyl (C=O) groups excluding carboxylic acids is 1. The molecule has 60 valence electrons. The number of unbranched alkanes of at least 4 members (excludes halogenated alkanes) is 1. The number of carbonyl (C=O) groups is 1. The zero-order chi connectivity index (χ0) is 7.98. The van der Waals surface area contributed by atoms with Gasteiger partial charge in [-0.15, -0.1) is 0 Å². The van der Waals surface area contributed by atoms with E-state index in [0.717, 1.165) is 12.8 Å². The molecular weight excluding hydrogens is 132 g/mol. The molecule has 0 heterocycles. The molecule has 0 aromatic rings. The third-order valence-electron chi connectivity index (χ3n) is 1.39. The lowest BCUT2D eigenvalue weighted by Crippen LogP contribution is -2.26. The lowest BCUT2D eigenvalue weighted by molar-refractivity contribution is -0.120. The zero-order valence-corrected chi connectivity index (χ0v) is 6.16. The van der Waals surface area contributed by atoms with E-state index in [2.05, 4.69) is 0 Å². The monoisotopic (exact) mass is 146 g/mol. The Hall–Kier alpha value is -0.410. The molecule has 0 saturated heterocycles. The van der Waals surface area contributed by atoms with E-state index in [1.807, 2.05) is 6.92 Å². The number of hydrogen-bond donors (Lipinski definition) is 2. The Balaban J connectivity index is 3.40. The smallest absolute Gasteiger partial charge is 0.151 e. The molecule has 0 aliphatic heterocycles. The van der Waals surface area contributed by atoms with Crippen molar-refractivity contribution in [1.82, 2.24) is 0 Å². The van der Waals surface area contributed by atoms with E-state index in [-0.39, 0.29) is 0 Å². The average Bonchev–Trinajstić information content (AvgIpc) is 1.98. The molecule has 0 saturated carbocycles. The first-order valence-electron chi connectivity index (χ1n) is 3.53. The lowest BCUT2D eigenvalue weighted by Gasteiger charge is -2.10. The van der Waals surface area contributed by atoms with E-state index >= 15 is 0 Å². The molecule has 0 amide bonds. The standard InChI is InChI=1S/C7H14O3/c1-2-3-4-6(9)7(10)5-8/h5-7,9-10H,2-4H2,1H3. The molecule has 2 atom stereocenters. The van der Waals surface area contributed by atoms with Crippen LogP contribution in [0.2, 0.25) is 0 Å². The summed E-state index contributed by atoms with van der Waals surface area (Å²) in [4.78, 5) is 9.90. The van der Waals surface area contributed by atoms with Crippen LogP contribution in [0.15, 0.2) is 0 Å². The predicted octanol–water partition coefficient (Wildman–Crippen LogP) is 0.0973. The van der Waals surface area contributed by atoms with E-state index in [1.54, 1.807) is 0 Å². The maximum absolute atomic E-state index is 9.90. The molecule has 0 aliphatic rings. The van der Waals surface area contributed by atoms with Crippen molar-refractivity contribution < 1.29 is 15.0 Å². The minimum atomic E-state index is -1.20. The first kappa shape index (κ1) is 9.59. The minimum Gasteiger partial charge on any atom is -0.390 e. The van der Waals surface area contributed by atoms with Crippen molar-refractivity contribution in [2.45, 2.75) is 38.4 Å². The molecule has 0 aromatic carbocycles. The Kier molecular flexibility index (Phi) is 5.16. The van der Waals surface area contributed by atoms with Crippen LogP contribution in [0.1, 0.15) is 26.2 Å². The Morgan fingerprint density at radius 3 is 2.50 bits per heavy atom. The summed E-state index contributed by atoms with van der Waals surface area (Å²) in [5, 5.41) is 17.7. The fraction of sp³-hybridized carbons (Fsp3) is 0.857. The van der Waals surface area contributed by atoms with Gasteiger partial charge >= 0.3 is 0 Å². The quantitative estimate of drug-likeness (QED) is 0.541. The molecule has 0 fully saturated rings. The van der Waals surface area contributed by atoms with Crippen LogP contribution >= 0.6 is 0 Å².